The van der Waals surface area contributed by atoms with Crippen LogP contribution in [0.15, 0.2) is 78.9 Å². The topological polar surface area (TPSA) is 96.0 Å². The molecule has 1 N–H and O–H groups in total. The lowest BCUT2D eigenvalue weighted by Gasteiger charge is -2.34. The monoisotopic (exact) mass is 591 g/mol. The minimum atomic E-state index is -3.83. The van der Waals surface area contributed by atoms with Gasteiger partial charge in [0.1, 0.15) is 18.3 Å². The Balaban J connectivity index is 1.70. The van der Waals surface area contributed by atoms with Gasteiger partial charge in [0, 0.05) is 19.0 Å². The predicted octanol–water partition coefficient (Wildman–Crippen LogP) is 4.86. The van der Waals surface area contributed by atoms with E-state index in [1.165, 1.54) is 4.90 Å². The lowest BCUT2D eigenvalue weighted by Crippen LogP contribution is -2.54. The third-order valence-electron chi connectivity index (χ3n) is 7.56. The van der Waals surface area contributed by atoms with Crippen molar-refractivity contribution in [2.24, 2.45) is 0 Å². The smallest absolute Gasteiger partial charge is 0.244 e. The summed E-state index contributed by atoms with van der Waals surface area (Å²) in [5, 5.41) is 3.18. The Morgan fingerprint density at radius 3 is 2.17 bits per heavy atom. The first-order valence-electron chi connectivity index (χ1n) is 14.5. The Morgan fingerprint density at radius 2 is 1.57 bits per heavy atom. The Kier molecular flexibility index (Phi) is 10.6. The summed E-state index contributed by atoms with van der Waals surface area (Å²) in [6, 6.07) is 23.2. The molecule has 3 aromatic rings. The molecule has 8 nitrogen and oxygen atoms in total. The second kappa shape index (κ2) is 14.4. The number of carbonyl (C=O) groups excluding carboxylic acids is 2. The van der Waals surface area contributed by atoms with Gasteiger partial charge in [0.15, 0.2) is 0 Å². The third-order valence-corrected chi connectivity index (χ3v) is 8.70. The maximum atomic E-state index is 14.2. The van der Waals surface area contributed by atoms with E-state index in [9.17, 15) is 18.0 Å². The van der Waals surface area contributed by atoms with E-state index in [1.54, 1.807) is 24.3 Å². The molecule has 1 aliphatic carbocycles. The lowest BCUT2D eigenvalue weighted by atomic mass is 10.0. The molecule has 0 heterocycles. The zero-order valence-corrected chi connectivity index (χ0v) is 25.5. The molecule has 1 saturated carbocycles. The molecular weight excluding hydrogens is 550 g/mol. The van der Waals surface area contributed by atoms with Crippen molar-refractivity contribution in [3.8, 4) is 5.75 Å². The van der Waals surface area contributed by atoms with Crippen molar-refractivity contribution >= 4 is 27.5 Å². The molecule has 224 valence electrons. The zero-order chi connectivity index (χ0) is 30.1. The van der Waals surface area contributed by atoms with E-state index >= 15 is 0 Å². The Morgan fingerprint density at radius 1 is 0.929 bits per heavy atom. The number of sulfonamides is 1. The maximum Gasteiger partial charge on any atom is 0.244 e. The van der Waals surface area contributed by atoms with Gasteiger partial charge >= 0.3 is 0 Å². The SMILES string of the molecule is CCOc1ccc(N(CC(=O)N(Cc2ccc(C)cc2)C(Cc2ccccc2)C(=O)NC2CCCC2)S(C)(=O)=O)cc1. The van der Waals surface area contributed by atoms with E-state index in [0.717, 1.165) is 52.9 Å². The molecule has 0 saturated heterocycles. The fourth-order valence-electron chi connectivity index (χ4n) is 5.30. The van der Waals surface area contributed by atoms with E-state index in [4.69, 9.17) is 4.74 Å². The molecule has 0 radical (unpaired) electrons. The average molecular weight is 592 g/mol. The first kappa shape index (κ1) is 31.1. The number of benzene rings is 3. The molecular formula is C33H41N3O5S. The van der Waals surface area contributed by atoms with Crippen molar-refractivity contribution in [3.05, 3.63) is 95.6 Å². The number of carbonyl (C=O) groups is 2. The van der Waals surface area contributed by atoms with Crippen LogP contribution in [-0.4, -0.2) is 56.6 Å². The van der Waals surface area contributed by atoms with Gasteiger partial charge in [0.2, 0.25) is 21.8 Å². The molecule has 0 spiro atoms. The van der Waals surface area contributed by atoms with E-state index in [2.05, 4.69) is 5.32 Å². The van der Waals surface area contributed by atoms with Gasteiger partial charge in [-0.15, -0.1) is 0 Å². The summed E-state index contributed by atoms with van der Waals surface area (Å²) in [4.78, 5) is 29.6. The number of ether oxygens (including phenoxy) is 1. The second-order valence-corrected chi connectivity index (χ2v) is 12.8. The molecule has 42 heavy (non-hydrogen) atoms. The van der Waals surface area contributed by atoms with Gasteiger partial charge in [-0.05, 0) is 62.1 Å². The molecule has 0 aliphatic heterocycles. The molecule has 1 aliphatic rings. The van der Waals surface area contributed by atoms with E-state index in [-0.39, 0.29) is 18.5 Å². The van der Waals surface area contributed by atoms with Gasteiger partial charge in [-0.2, -0.15) is 0 Å². The number of hydrogen-bond donors (Lipinski definition) is 1. The molecule has 2 amide bonds. The second-order valence-electron chi connectivity index (χ2n) is 10.9. The molecule has 0 bridgehead atoms. The highest BCUT2D eigenvalue weighted by Gasteiger charge is 2.34. The highest BCUT2D eigenvalue weighted by atomic mass is 32.2. The van der Waals surface area contributed by atoms with Crippen LogP contribution in [0, 0.1) is 6.92 Å². The average Bonchev–Trinajstić information content (AvgIpc) is 3.48. The first-order valence-corrected chi connectivity index (χ1v) is 16.4. The predicted molar refractivity (Wildman–Crippen MR) is 166 cm³/mol. The number of amides is 2. The van der Waals surface area contributed by atoms with Crippen molar-refractivity contribution in [2.45, 2.75) is 64.6 Å². The lowest BCUT2D eigenvalue weighted by molar-refractivity contribution is -0.140. The van der Waals surface area contributed by atoms with Crippen molar-refractivity contribution in [2.75, 3.05) is 23.7 Å². The van der Waals surface area contributed by atoms with Gasteiger partial charge in [0.05, 0.1) is 18.6 Å². The number of rotatable bonds is 13. The molecule has 9 heteroatoms. The fourth-order valence-corrected chi connectivity index (χ4v) is 6.15. The van der Waals surface area contributed by atoms with Gasteiger partial charge in [-0.1, -0.05) is 73.0 Å². The van der Waals surface area contributed by atoms with E-state index in [1.807, 2.05) is 68.4 Å². The highest BCUT2D eigenvalue weighted by Crippen LogP contribution is 2.24. The summed E-state index contributed by atoms with van der Waals surface area (Å²) in [5.74, 6) is -0.0795. The van der Waals surface area contributed by atoms with Crippen LogP contribution in [0.3, 0.4) is 0 Å². The summed E-state index contributed by atoms with van der Waals surface area (Å²) < 4.78 is 32.5. The van der Waals surface area contributed by atoms with Crippen LogP contribution in [0.4, 0.5) is 5.69 Å². The summed E-state index contributed by atoms with van der Waals surface area (Å²) in [6.07, 6.45) is 5.33. The van der Waals surface area contributed by atoms with Crippen LogP contribution in [0.25, 0.3) is 0 Å². The summed E-state index contributed by atoms with van der Waals surface area (Å²) in [7, 11) is -3.83. The Labute approximate surface area is 249 Å². The normalized spacial score (nSPS) is 14.3. The maximum absolute atomic E-state index is 14.2. The van der Waals surface area contributed by atoms with E-state index < -0.39 is 28.5 Å². The van der Waals surface area contributed by atoms with Crippen molar-refractivity contribution in [1.82, 2.24) is 10.2 Å². The number of hydrogen-bond acceptors (Lipinski definition) is 5. The number of nitrogens with zero attached hydrogens (tertiary/aromatic N) is 2. The zero-order valence-electron chi connectivity index (χ0n) is 24.7. The fraction of sp³-hybridized carbons (Fsp3) is 0.394. The first-order chi connectivity index (χ1) is 20.1. The molecule has 1 fully saturated rings. The van der Waals surface area contributed by atoms with Gasteiger partial charge < -0.3 is 15.0 Å². The van der Waals surface area contributed by atoms with Crippen LogP contribution >= 0.6 is 0 Å². The highest BCUT2D eigenvalue weighted by molar-refractivity contribution is 7.92. The van der Waals surface area contributed by atoms with E-state index in [0.29, 0.717) is 24.5 Å². The standard InChI is InChI=1S/C33H41N3O5S/c1-4-41-30-20-18-29(19-21-30)36(42(3,39)40)24-32(37)35(23-27-16-14-25(2)15-17-27)31(22-26-10-6-5-7-11-26)33(38)34-28-12-8-9-13-28/h5-7,10-11,14-21,28,31H,4,8-9,12-13,22-24H2,1-3H3,(H,34,38). The number of anilines is 1. The van der Waals surface area contributed by atoms with Crippen molar-refractivity contribution in [1.29, 1.82) is 0 Å². The molecule has 0 aromatic heterocycles. The van der Waals surface area contributed by atoms with Crippen LogP contribution in [0.2, 0.25) is 0 Å². The van der Waals surface area contributed by atoms with Gasteiger partial charge in [-0.3, -0.25) is 13.9 Å². The third kappa shape index (κ3) is 8.58. The Hall–Kier alpha value is -3.85. The minimum absolute atomic E-state index is 0.0727. The van der Waals surface area contributed by atoms with Crippen LogP contribution in [-0.2, 0) is 32.6 Å². The molecule has 3 aromatic carbocycles. The number of nitrogens with one attached hydrogen (secondary N) is 1. The summed E-state index contributed by atoms with van der Waals surface area (Å²) >= 11 is 0. The molecule has 1 atom stereocenters. The molecule has 1 unspecified atom stereocenters. The van der Waals surface area contributed by atoms with Crippen molar-refractivity contribution in [3.63, 3.8) is 0 Å². The summed E-state index contributed by atoms with van der Waals surface area (Å²) in [6.45, 7) is 4.05. The largest absolute Gasteiger partial charge is 0.494 e. The summed E-state index contributed by atoms with van der Waals surface area (Å²) in [5.41, 5.74) is 3.19. The van der Waals surface area contributed by atoms with Crippen LogP contribution in [0.1, 0.15) is 49.3 Å². The van der Waals surface area contributed by atoms with Crippen LogP contribution < -0.4 is 14.4 Å². The van der Waals surface area contributed by atoms with Gasteiger partial charge in [0.25, 0.3) is 0 Å². The van der Waals surface area contributed by atoms with Gasteiger partial charge in [-0.25, -0.2) is 8.42 Å². The number of aryl methyl sites for hydroxylation is 1. The Bertz CT molecular complexity index is 1420. The van der Waals surface area contributed by atoms with Crippen molar-refractivity contribution < 1.29 is 22.7 Å². The quantitative estimate of drug-likeness (QED) is 0.306. The van der Waals surface area contributed by atoms with Crippen LogP contribution in [0.5, 0.6) is 5.75 Å². The molecule has 4 rings (SSSR count). The minimum Gasteiger partial charge on any atom is -0.494 e.